The second kappa shape index (κ2) is 7.46. The Morgan fingerprint density at radius 2 is 2.05 bits per heavy atom. The molecule has 4 nitrogen and oxygen atoms in total. The zero-order valence-electron chi connectivity index (χ0n) is 13.3. The molecule has 0 bridgehead atoms. The smallest absolute Gasteiger partial charge is 0.278 e. The fourth-order valence-electron chi connectivity index (χ4n) is 3.18. The molecular formula is C17H27N2O2+. The number of carbonyl (C=O) groups is 1. The van der Waals surface area contributed by atoms with Gasteiger partial charge >= 0.3 is 0 Å². The third kappa shape index (κ3) is 4.21. The summed E-state index contributed by atoms with van der Waals surface area (Å²) in [5.74, 6) is 1.13. The number of hydrogen-bond acceptors (Lipinski definition) is 2. The molecule has 2 atom stereocenters. The van der Waals surface area contributed by atoms with Crippen molar-refractivity contribution in [2.24, 2.45) is 0 Å². The summed E-state index contributed by atoms with van der Waals surface area (Å²) in [4.78, 5) is 14.5. The summed E-state index contributed by atoms with van der Waals surface area (Å²) in [5, 5.41) is 2.07. The summed E-state index contributed by atoms with van der Waals surface area (Å²) < 4.78 is 5.22. The van der Waals surface area contributed by atoms with Crippen LogP contribution in [0, 0.1) is 0 Å². The summed E-state index contributed by atoms with van der Waals surface area (Å²) in [6.45, 7) is 5.65. The number of ether oxygens (including phenoxy) is 1. The van der Waals surface area contributed by atoms with Crippen LogP contribution in [0.3, 0.4) is 0 Å². The molecule has 2 N–H and O–H groups in total. The maximum Gasteiger partial charge on any atom is 0.278 e. The van der Waals surface area contributed by atoms with Gasteiger partial charge in [-0.15, -0.1) is 0 Å². The van der Waals surface area contributed by atoms with Crippen molar-refractivity contribution in [2.75, 3.05) is 13.7 Å². The molecule has 1 saturated heterocycles. The van der Waals surface area contributed by atoms with Gasteiger partial charge in [0, 0.05) is 17.6 Å². The summed E-state index contributed by atoms with van der Waals surface area (Å²) in [5.41, 5.74) is 1.18. The highest BCUT2D eigenvalue weighted by Crippen LogP contribution is 2.22. The fourth-order valence-corrected chi connectivity index (χ4v) is 3.18. The molecule has 1 aromatic carbocycles. The minimum Gasteiger partial charge on any atom is -0.497 e. The van der Waals surface area contributed by atoms with Crippen LogP contribution in [-0.4, -0.2) is 36.5 Å². The van der Waals surface area contributed by atoms with E-state index in [0.717, 1.165) is 25.1 Å². The van der Waals surface area contributed by atoms with Crippen LogP contribution in [0.25, 0.3) is 0 Å². The summed E-state index contributed by atoms with van der Waals surface area (Å²) >= 11 is 0. The lowest BCUT2D eigenvalue weighted by Gasteiger charge is -2.38. The van der Waals surface area contributed by atoms with Crippen LogP contribution in [0.2, 0.25) is 0 Å². The maximum absolute atomic E-state index is 12.4. The molecule has 1 aromatic rings. The van der Waals surface area contributed by atoms with E-state index in [9.17, 15) is 4.79 Å². The van der Waals surface area contributed by atoms with Crippen LogP contribution in [0.4, 0.5) is 0 Å². The van der Waals surface area contributed by atoms with Crippen molar-refractivity contribution in [1.82, 2.24) is 4.90 Å². The van der Waals surface area contributed by atoms with Crippen molar-refractivity contribution >= 4 is 5.91 Å². The number of piperidine rings is 1. The van der Waals surface area contributed by atoms with Crippen LogP contribution in [-0.2, 0) is 11.3 Å². The van der Waals surface area contributed by atoms with E-state index < -0.39 is 0 Å². The number of nitrogens with two attached hydrogens (primary N) is 1. The van der Waals surface area contributed by atoms with Crippen LogP contribution in [0.5, 0.6) is 5.75 Å². The first kappa shape index (κ1) is 15.8. The van der Waals surface area contributed by atoms with E-state index in [1.165, 1.54) is 12.0 Å². The molecule has 1 amide bonds. The van der Waals surface area contributed by atoms with Gasteiger partial charge in [-0.1, -0.05) is 12.1 Å². The normalized spacial score (nSPS) is 22.1. The van der Waals surface area contributed by atoms with E-state index in [4.69, 9.17) is 4.74 Å². The van der Waals surface area contributed by atoms with Crippen LogP contribution < -0.4 is 10.1 Å². The third-order valence-corrected chi connectivity index (χ3v) is 4.31. The standard InChI is InChI=1S/C17H26N2O2/c1-13-6-4-7-14(2)19(13)17(20)12-18-11-15-8-5-9-16(10-15)21-3/h5,8-10,13-14,18H,4,6-7,11-12H2,1-3H3/p+1/t13-,14-/m1/s1. The lowest BCUT2D eigenvalue weighted by Crippen LogP contribution is -2.85. The van der Waals surface area contributed by atoms with Crippen LogP contribution in [0.15, 0.2) is 24.3 Å². The molecule has 0 spiro atoms. The number of likely N-dealkylation sites (tertiary alicyclic amines) is 1. The average molecular weight is 291 g/mol. The molecule has 1 aliphatic heterocycles. The molecule has 2 rings (SSSR count). The van der Waals surface area contributed by atoms with Gasteiger partial charge in [-0.3, -0.25) is 4.79 Å². The van der Waals surface area contributed by atoms with Crippen molar-refractivity contribution in [1.29, 1.82) is 0 Å². The number of carbonyl (C=O) groups excluding carboxylic acids is 1. The summed E-state index contributed by atoms with van der Waals surface area (Å²) in [7, 11) is 1.67. The van der Waals surface area contributed by atoms with Gasteiger partial charge in [-0.05, 0) is 45.2 Å². The second-order valence-corrected chi connectivity index (χ2v) is 5.98. The van der Waals surface area contributed by atoms with Crippen LogP contribution in [0.1, 0.15) is 38.7 Å². The van der Waals surface area contributed by atoms with Crippen molar-refractivity contribution in [3.8, 4) is 5.75 Å². The number of nitrogens with zero attached hydrogens (tertiary/aromatic N) is 1. The molecule has 0 radical (unpaired) electrons. The molecule has 0 unspecified atom stereocenters. The first-order valence-electron chi connectivity index (χ1n) is 7.87. The number of rotatable bonds is 5. The van der Waals surface area contributed by atoms with E-state index >= 15 is 0 Å². The zero-order valence-corrected chi connectivity index (χ0v) is 13.3. The Bertz CT molecular complexity index is 466. The average Bonchev–Trinajstić information content (AvgIpc) is 2.47. The Hall–Kier alpha value is -1.55. The Labute approximate surface area is 127 Å². The van der Waals surface area contributed by atoms with Gasteiger partial charge in [-0.2, -0.15) is 0 Å². The Morgan fingerprint density at radius 3 is 2.71 bits per heavy atom. The van der Waals surface area contributed by atoms with Gasteiger partial charge < -0.3 is 15.0 Å². The molecule has 1 fully saturated rings. The second-order valence-electron chi connectivity index (χ2n) is 5.98. The predicted octanol–water partition coefficient (Wildman–Crippen LogP) is 1.55. The van der Waals surface area contributed by atoms with Crippen LogP contribution >= 0.6 is 0 Å². The fraction of sp³-hybridized carbons (Fsp3) is 0.588. The molecule has 4 heteroatoms. The maximum atomic E-state index is 12.4. The van der Waals surface area contributed by atoms with Gasteiger partial charge in [0.25, 0.3) is 5.91 Å². The minimum absolute atomic E-state index is 0.262. The molecule has 116 valence electrons. The molecule has 1 heterocycles. The summed E-state index contributed by atoms with van der Waals surface area (Å²) in [6, 6.07) is 8.77. The van der Waals surface area contributed by atoms with E-state index in [-0.39, 0.29) is 5.91 Å². The minimum atomic E-state index is 0.262. The number of amides is 1. The van der Waals surface area contributed by atoms with E-state index in [1.807, 2.05) is 18.2 Å². The highest BCUT2D eigenvalue weighted by Gasteiger charge is 2.29. The monoisotopic (exact) mass is 291 g/mol. The largest absolute Gasteiger partial charge is 0.497 e. The molecule has 21 heavy (non-hydrogen) atoms. The SMILES string of the molecule is COc1cccc(C[NH2+]CC(=O)N2[C@H](C)CCC[C@H]2C)c1. The van der Waals surface area contributed by atoms with Gasteiger partial charge in [0.2, 0.25) is 0 Å². The number of methoxy groups -OCH3 is 1. The predicted molar refractivity (Wildman–Crippen MR) is 83.1 cm³/mol. The number of benzene rings is 1. The molecule has 0 saturated carbocycles. The quantitative estimate of drug-likeness (QED) is 0.894. The lowest BCUT2D eigenvalue weighted by atomic mass is 9.97. The van der Waals surface area contributed by atoms with Gasteiger partial charge in [0.05, 0.1) is 7.11 Å². The topological polar surface area (TPSA) is 46.1 Å². The van der Waals surface area contributed by atoms with E-state index in [0.29, 0.717) is 18.6 Å². The van der Waals surface area contributed by atoms with Gasteiger partial charge in [0.15, 0.2) is 6.54 Å². The highest BCUT2D eigenvalue weighted by atomic mass is 16.5. The van der Waals surface area contributed by atoms with Crippen molar-refractivity contribution in [3.63, 3.8) is 0 Å². The number of hydrogen-bond donors (Lipinski definition) is 1. The molecule has 0 aromatic heterocycles. The first-order chi connectivity index (χ1) is 10.1. The molecule has 0 aliphatic carbocycles. The summed E-state index contributed by atoms with van der Waals surface area (Å²) in [6.07, 6.45) is 3.50. The van der Waals surface area contributed by atoms with E-state index in [1.54, 1.807) is 7.11 Å². The Balaban J connectivity index is 1.83. The molecular weight excluding hydrogens is 264 g/mol. The number of quaternary nitrogens is 1. The Kier molecular flexibility index (Phi) is 5.62. The van der Waals surface area contributed by atoms with Gasteiger partial charge in [0.1, 0.15) is 12.3 Å². The van der Waals surface area contributed by atoms with Crippen molar-refractivity contribution < 1.29 is 14.8 Å². The first-order valence-corrected chi connectivity index (χ1v) is 7.87. The van der Waals surface area contributed by atoms with Crippen molar-refractivity contribution in [3.05, 3.63) is 29.8 Å². The zero-order chi connectivity index (χ0) is 15.2. The molecule has 1 aliphatic rings. The van der Waals surface area contributed by atoms with E-state index in [2.05, 4.69) is 30.1 Å². The third-order valence-electron chi connectivity index (χ3n) is 4.31. The lowest BCUT2D eigenvalue weighted by molar-refractivity contribution is -0.660. The van der Waals surface area contributed by atoms with Gasteiger partial charge in [-0.25, -0.2) is 0 Å². The Morgan fingerprint density at radius 1 is 1.33 bits per heavy atom. The van der Waals surface area contributed by atoms with Crippen molar-refractivity contribution in [2.45, 2.75) is 51.7 Å². The highest BCUT2D eigenvalue weighted by molar-refractivity contribution is 5.77.